The second-order valence-corrected chi connectivity index (χ2v) is 8.47. The second-order valence-electron chi connectivity index (χ2n) is 5.46. The molecule has 2 N–H and O–H groups in total. The van der Waals surface area contributed by atoms with Crippen LogP contribution in [-0.2, 0) is 14.8 Å². The Bertz CT molecular complexity index is 916. The van der Waals surface area contributed by atoms with Gasteiger partial charge in [-0.25, -0.2) is 13.4 Å². The molecule has 0 saturated carbocycles. The molecule has 10 heteroatoms. The molecule has 26 heavy (non-hydrogen) atoms. The smallest absolute Gasteiger partial charge is 0.256 e. The van der Waals surface area contributed by atoms with Gasteiger partial charge in [-0.05, 0) is 46.3 Å². The molecular weight excluding hydrogens is 424 g/mol. The number of rotatable bonds is 6. The molecule has 0 saturated heterocycles. The fourth-order valence-electron chi connectivity index (χ4n) is 1.90. The van der Waals surface area contributed by atoms with Gasteiger partial charge >= 0.3 is 0 Å². The van der Waals surface area contributed by atoms with Crippen molar-refractivity contribution in [1.82, 2.24) is 9.29 Å². The number of hydrogen-bond donors (Lipinski definition) is 2. The fraction of sp³-hybridized carbons (Fsp3) is 0.188. The summed E-state index contributed by atoms with van der Waals surface area (Å²) in [6.07, 6.45) is 2.58. The number of carbonyl (C=O) groups is 2. The first-order valence-corrected chi connectivity index (χ1v) is 10.0. The molecule has 0 aliphatic rings. The van der Waals surface area contributed by atoms with Crippen molar-refractivity contribution < 1.29 is 18.0 Å². The molecule has 2 amide bonds. The average molecular weight is 441 g/mol. The Kier molecular flexibility index (Phi) is 6.46. The largest absolute Gasteiger partial charge is 0.325 e. The molecule has 138 valence electrons. The zero-order valence-electron chi connectivity index (χ0n) is 14.1. The monoisotopic (exact) mass is 440 g/mol. The van der Waals surface area contributed by atoms with Gasteiger partial charge in [-0.15, -0.1) is 0 Å². The normalized spacial score (nSPS) is 11.2. The number of amides is 2. The van der Waals surface area contributed by atoms with Crippen LogP contribution >= 0.6 is 15.9 Å². The number of aromatic nitrogens is 1. The van der Waals surface area contributed by atoms with Crippen LogP contribution in [0.2, 0.25) is 0 Å². The first-order valence-electron chi connectivity index (χ1n) is 7.39. The molecule has 1 aromatic carbocycles. The van der Waals surface area contributed by atoms with Crippen LogP contribution < -0.4 is 10.6 Å². The van der Waals surface area contributed by atoms with Crippen molar-refractivity contribution in [1.29, 1.82) is 0 Å². The Labute approximate surface area is 159 Å². The summed E-state index contributed by atoms with van der Waals surface area (Å²) in [5.74, 6) is -0.503. The number of halogens is 1. The van der Waals surface area contributed by atoms with E-state index in [2.05, 4.69) is 31.5 Å². The number of sulfonamides is 1. The summed E-state index contributed by atoms with van der Waals surface area (Å²) in [6.45, 7) is -0.321. The lowest BCUT2D eigenvalue weighted by Crippen LogP contribution is -2.34. The van der Waals surface area contributed by atoms with Gasteiger partial charge < -0.3 is 10.6 Å². The molecule has 0 unspecified atom stereocenters. The van der Waals surface area contributed by atoms with E-state index in [-0.39, 0.29) is 12.5 Å². The van der Waals surface area contributed by atoms with Gasteiger partial charge in [0.05, 0.1) is 12.8 Å². The minimum absolute atomic E-state index is 0.321. The van der Waals surface area contributed by atoms with Gasteiger partial charge in [0.1, 0.15) is 5.82 Å². The van der Waals surface area contributed by atoms with E-state index in [1.54, 1.807) is 36.5 Å². The highest BCUT2D eigenvalue weighted by atomic mass is 79.9. The van der Waals surface area contributed by atoms with Crippen molar-refractivity contribution in [3.8, 4) is 0 Å². The number of anilines is 2. The number of benzene rings is 1. The quantitative estimate of drug-likeness (QED) is 0.712. The van der Waals surface area contributed by atoms with Crippen molar-refractivity contribution in [2.75, 3.05) is 30.5 Å². The predicted octanol–water partition coefficient (Wildman–Crippen LogP) is 1.93. The maximum absolute atomic E-state index is 12.3. The first kappa shape index (κ1) is 20.0. The molecule has 0 atom stereocenters. The summed E-state index contributed by atoms with van der Waals surface area (Å²) < 4.78 is 24.4. The van der Waals surface area contributed by atoms with Crippen LogP contribution in [0, 0.1) is 0 Å². The van der Waals surface area contributed by atoms with Gasteiger partial charge in [-0.2, -0.15) is 4.31 Å². The number of likely N-dealkylation sites (N-methyl/N-ethyl adjacent to an activating group) is 1. The topological polar surface area (TPSA) is 108 Å². The Morgan fingerprint density at radius 1 is 1.19 bits per heavy atom. The van der Waals surface area contributed by atoms with Crippen LogP contribution in [0.3, 0.4) is 0 Å². The van der Waals surface area contributed by atoms with Gasteiger partial charge in [0.25, 0.3) is 5.91 Å². The third-order valence-corrected chi connectivity index (χ3v) is 5.04. The van der Waals surface area contributed by atoms with Crippen molar-refractivity contribution >= 4 is 49.3 Å². The molecule has 0 fully saturated rings. The zero-order valence-corrected chi connectivity index (χ0v) is 16.5. The molecule has 0 radical (unpaired) electrons. The Hall–Kier alpha value is -2.30. The summed E-state index contributed by atoms with van der Waals surface area (Å²) in [6, 6.07) is 9.69. The van der Waals surface area contributed by atoms with E-state index >= 15 is 0 Å². The van der Waals surface area contributed by atoms with E-state index in [4.69, 9.17) is 0 Å². The summed E-state index contributed by atoms with van der Waals surface area (Å²) >= 11 is 3.26. The first-order chi connectivity index (χ1) is 12.1. The number of hydrogen-bond acceptors (Lipinski definition) is 5. The molecule has 1 aromatic heterocycles. The highest BCUT2D eigenvalue weighted by molar-refractivity contribution is 9.10. The van der Waals surface area contributed by atoms with Crippen molar-refractivity contribution in [3.05, 3.63) is 52.6 Å². The van der Waals surface area contributed by atoms with E-state index in [0.717, 1.165) is 15.0 Å². The van der Waals surface area contributed by atoms with Crippen molar-refractivity contribution in [2.45, 2.75) is 0 Å². The third kappa shape index (κ3) is 5.90. The molecule has 2 rings (SSSR count). The lowest BCUT2D eigenvalue weighted by Gasteiger charge is -2.14. The maximum Gasteiger partial charge on any atom is 0.256 e. The minimum atomic E-state index is -3.45. The van der Waals surface area contributed by atoms with Gasteiger partial charge in [-0.3, -0.25) is 9.59 Å². The van der Waals surface area contributed by atoms with Crippen LogP contribution in [0.5, 0.6) is 0 Å². The van der Waals surface area contributed by atoms with Gasteiger partial charge in [0.2, 0.25) is 15.9 Å². The highest BCUT2D eigenvalue weighted by Crippen LogP contribution is 2.14. The summed E-state index contributed by atoms with van der Waals surface area (Å²) in [5, 5.41) is 5.21. The number of nitrogens with one attached hydrogen (secondary N) is 2. The van der Waals surface area contributed by atoms with Gasteiger partial charge in [0.15, 0.2) is 0 Å². The molecule has 0 aliphatic heterocycles. The molecule has 8 nitrogen and oxygen atoms in total. The molecule has 0 spiro atoms. The lowest BCUT2D eigenvalue weighted by atomic mass is 10.2. The minimum Gasteiger partial charge on any atom is -0.325 e. The Morgan fingerprint density at radius 3 is 2.54 bits per heavy atom. The maximum atomic E-state index is 12.3. The van der Waals surface area contributed by atoms with Crippen LogP contribution in [0.1, 0.15) is 10.4 Å². The van der Waals surface area contributed by atoms with Crippen LogP contribution in [0.4, 0.5) is 11.5 Å². The van der Waals surface area contributed by atoms with Crippen molar-refractivity contribution in [3.63, 3.8) is 0 Å². The Morgan fingerprint density at radius 2 is 1.92 bits per heavy atom. The standard InChI is InChI=1S/C16H17BrN4O4S/c1-21(26(2,24)25)10-15(22)19-13-5-3-4-11(8-13)16(23)20-14-7-6-12(17)9-18-14/h3-9H,10H2,1-2H3,(H,19,22)(H,18,20,23). The molecular formula is C16H17BrN4O4S. The lowest BCUT2D eigenvalue weighted by molar-refractivity contribution is -0.116. The molecule has 1 heterocycles. The van der Waals surface area contributed by atoms with Gasteiger partial charge in [0, 0.05) is 29.0 Å². The van der Waals surface area contributed by atoms with Crippen molar-refractivity contribution in [2.24, 2.45) is 0 Å². The van der Waals surface area contributed by atoms with E-state index in [1.807, 2.05) is 0 Å². The van der Waals surface area contributed by atoms with Crippen LogP contribution in [0.25, 0.3) is 0 Å². The number of nitrogens with zero attached hydrogens (tertiary/aromatic N) is 2. The summed E-state index contributed by atoms with van der Waals surface area (Å²) in [7, 11) is -2.14. The molecule has 0 bridgehead atoms. The fourth-order valence-corrected chi connectivity index (χ4v) is 2.48. The van der Waals surface area contributed by atoms with E-state index < -0.39 is 15.9 Å². The second kappa shape index (κ2) is 8.39. The van der Waals surface area contributed by atoms with Gasteiger partial charge in [-0.1, -0.05) is 6.07 Å². The van der Waals surface area contributed by atoms with E-state index in [9.17, 15) is 18.0 Å². The zero-order chi connectivity index (χ0) is 19.3. The number of pyridine rings is 1. The van der Waals surface area contributed by atoms with E-state index in [0.29, 0.717) is 17.1 Å². The van der Waals surface area contributed by atoms with E-state index in [1.165, 1.54) is 13.1 Å². The summed E-state index contributed by atoms with van der Waals surface area (Å²) in [5.41, 5.74) is 0.706. The Balaban J connectivity index is 2.03. The van der Waals surface area contributed by atoms with Crippen LogP contribution in [0.15, 0.2) is 47.1 Å². The molecule has 0 aliphatic carbocycles. The average Bonchev–Trinajstić information content (AvgIpc) is 2.56. The number of carbonyl (C=O) groups excluding carboxylic acids is 2. The SMILES string of the molecule is CN(CC(=O)Nc1cccc(C(=O)Nc2ccc(Br)cn2)c1)S(C)(=O)=O. The predicted molar refractivity (Wildman–Crippen MR) is 102 cm³/mol. The molecule has 2 aromatic rings. The highest BCUT2D eigenvalue weighted by Gasteiger charge is 2.15. The summed E-state index contributed by atoms with van der Waals surface area (Å²) in [4.78, 5) is 28.3. The third-order valence-electron chi connectivity index (χ3n) is 3.31. The van der Waals surface area contributed by atoms with Crippen LogP contribution in [-0.4, -0.2) is 49.4 Å².